The number of piperidine rings is 1. The Labute approximate surface area is 191 Å². The zero-order valence-electron chi connectivity index (χ0n) is 19.9. The molecule has 3 amide bonds. The van der Waals surface area contributed by atoms with Crippen molar-refractivity contribution >= 4 is 17.7 Å². The average molecular weight is 448 g/mol. The van der Waals surface area contributed by atoms with Gasteiger partial charge >= 0.3 is 0 Å². The average Bonchev–Trinajstić information content (AvgIpc) is 2.76. The number of ether oxygens (including phenoxy) is 2. The molecule has 1 heterocycles. The fourth-order valence-electron chi connectivity index (χ4n) is 3.82. The lowest BCUT2D eigenvalue weighted by Gasteiger charge is -2.36. The third-order valence-electron chi connectivity index (χ3n) is 5.55. The van der Waals surface area contributed by atoms with E-state index in [0.717, 1.165) is 0 Å². The fraction of sp³-hybridized carbons (Fsp3) is 0.625. The smallest absolute Gasteiger partial charge is 0.252 e. The van der Waals surface area contributed by atoms with Crippen molar-refractivity contribution in [2.45, 2.75) is 46.1 Å². The molecule has 1 aliphatic rings. The van der Waals surface area contributed by atoms with Gasteiger partial charge in [0.1, 0.15) is 11.8 Å². The van der Waals surface area contributed by atoms with Gasteiger partial charge in [0.25, 0.3) is 5.91 Å². The van der Waals surface area contributed by atoms with Crippen LogP contribution in [-0.4, -0.2) is 69.1 Å². The summed E-state index contributed by atoms with van der Waals surface area (Å²) in [5.41, 5.74) is 0.361. The summed E-state index contributed by atoms with van der Waals surface area (Å²) in [7, 11) is 3.11. The molecule has 8 heteroatoms. The lowest BCUT2D eigenvalue weighted by atomic mass is 9.87. The highest BCUT2D eigenvalue weighted by molar-refractivity contribution is 5.98. The van der Waals surface area contributed by atoms with Gasteiger partial charge in [0.05, 0.1) is 13.7 Å². The van der Waals surface area contributed by atoms with E-state index in [-0.39, 0.29) is 29.1 Å². The lowest BCUT2D eigenvalue weighted by Crippen LogP contribution is -2.54. The minimum absolute atomic E-state index is 0.0641. The van der Waals surface area contributed by atoms with Gasteiger partial charge in [0.15, 0.2) is 0 Å². The predicted octanol–water partition coefficient (Wildman–Crippen LogP) is 2.23. The molecule has 0 spiro atoms. The second-order valence-electron chi connectivity index (χ2n) is 9.42. The number of nitrogens with zero attached hydrogens (tertiary/aromatic N) is 1. The summed E-state index contributed by atoms with van der Waals surface area (Å²) in [5.74, 6) is 0.0764. The van der Waals surface area contributed by atoms with Crippen LogP contribution in [0.15, 0.2) is 24.3 Å². The molecule has 178 valence electrons. The zero-order valence-corrected chi connectivity index (χ0v) is 19.9. The summed E-state index contributed by atoms with van der Waals surface area (Å²) >= 11 is 0. The van der Waals surface area contributed by atoms with Crippen molar-refractivity contribution in [1.82, 2.24) is 15.5 Å². The van der Waals surface area contributed by atoms with Gasteiger partial charge in [0, 0.05) is 38.7 Å². The minimum atomic E-state index is -0.689. The van der Waals surface area contributed by atoms with Gasteiger partial charge in [-0.15, -0.1) is 0 Å². The largest absolute Gasteiger partial charge is 0.497 e. The molecule has 0 aromatic heterocycles. The van der Waals surface area contributed by atoms with Crippen LogP contribution in [0.2, 0.25) is 0 Å². The van der Waals surface area contributed by atoms with Crippen molar-refractivity contribution in [2.75, 3.05) is 40.5 Å². The summed E-state index contributed by atoms with van der Waals surface area (Å²) < 4.78 is 10.2. The number of likely N-dealkylation sites (tertiary alicyclic amines) is 1. The van der Waals surface area contributed by atoms with Crippen LogP contribution in [0.3, 0.4) is 0 Å². The minimum Gasteiger partial charge on any atom is -0.497 e. The van der Waals surface area contributed by atoms with E-state index < -0.39 is 6.04 Å². The number of hydrogen-bond acceptors (Lipinski definition) is 5. The maximum Gasteiger partial charge on any atom is 0.252 e. The molecule has 32 heavy (non-hydrogen) atoms. The van der Waals surface area contributed by atoms with E-state index in [9.17, 15) is 14.4 Å². The highest BCUT2D eigenvalue weighted by atomic mass is 16.5. The molecule has 2 N–H and O–H groups in total. The van der Waals surface area contributed by atoms with Crippen LogP contribution in [0.5, 0.6) is 5.75 Å². The summed E-state index contributed by atoms with van der Waals surface area (Å²) in [6, 6.07) is 6.14. The van der Waals surface area contributed by atoms with E-state index in [1.807, 2.05) is 25.7 Å². The van der Waals surface area contributed by atoms with Crippen molar-refractivity contribution in [1.29, 1.82) is 0 Å². The first kappa shape index (κ1) is 25.6. The number of nitrogens with one attached hydrogen (secondary N) is 2. The van der Waals surface area contributed by atoms with E-state index in [4.69, 9.17) is 9.47 Å². The fourth-order valence-corrected chi connectivity index (χ4v) is 3.82. The zero-order chi connectivity index (χ0) is 23.7. The van der Waals surface area contributed by atoms with Gasteiger partial charge in [-0.2, -0.15) is 0 Å². The molecule has 0 unspecified atom stereocenters. The van der Waals surface area contributed by atoms with Crippen molar-refractivity contribution in [3.63, 3.8) is 0 Å². The first-order valence-corrected chi connectivity index (χ1v) is 11.1. The summed E-state index contributed by atoms with van der Waals surface area (Å²) in [6.45, 7) is 8.06. The van der Waals surface area contributed by atoms with Crippen LogP contribution in [0.25, 0.3) is 0 Å². The van der Waals surface area contributed by atoms with Gasteiger partial charge in [-0.3, -0.25) is 14.4 Å². The Morgan fingerprint density at radius 2 is 1.84 bits per heavy atom. The maximum atomic E-state index is 12.9. The Morgan fingerprint density at radius 3 is 2.44 bits per heavy atom. The van der Waals surface area contributed by atoms with E-state index in [1.54, 1.807) is 31.4 Å². The molecule has 0 aliphatic carbocycles. The van der Waals surface area contributed by atoms with Crippen molar-refractivity contribution in [3.8, 4) is 5.75 Å². The van der Waals surface area contributed by atoms with Crippen molar-refractivity contribution < 1.29 is 23.9 Å². The number of benzene rings is 1. The molecule has 1 fully saturated rings. The number of rotatable bonds is 9. The van der Waals surface area contributed by atoms with E-state index in [1.165, 1.54) is 7.11 Å². The van der Waals surface area contributed by atoms with Crippen molar-refractivity contribution in [2.24, 2.45) is 11.3 Å². The third-order valence-corrected chi connectivity index (χ3v) is 5.55. The Kier molecular flexibility index (Phi) is 9.50. The monoisotopic (exact) mass is 447 g/mol. The van der Waals surface area contributed by atoms with Gasteiger partial charge in [0.2, 0.25) is 11.8 Å². The molecule has 0 bridgehead atoms. The first-order valence-electron chi connectivity index (χ1n) is 11.1. The number of methoxy groups -OCH3 is 2. The van der Waals surface area contributed by atoms with Gasteiger partial charge in [-0.25, -0.2) is 0 Å². The topological polar surface area (TPSA) is 97.0 Å². The molecule has 1 aromatic carbocycles. The standard InChI is InChI=1S/C24H37N3O5/c1-24(2,3)16-20(28)27-12-9-17(10-13-27)21(23(30)25-11-14-31-4)26-22(29)18-7-6-8-19(15-18)32-5/h6-8,15,17,21H,9-14,16H2,1-5H3,(H,25,30)(H,26,29)/t21-/m1/s1. The number of carbonyl (C=O) groups excluding carboxylic acids is 3. The van der Waals surface area contributed by atoms with Crippen LogP contribution < -0.4 is 15.4 Å². The summed E-state index contributed by atoms with van der Waals surface area (Å²) in [6.07, 6.45) is 1.79. The van der Waals surface area contributed by atoms with Gasteiger partial charge in [-0.1, -0.05) is 26.8 Å². The number of hydrogen-bond donors (Lipinski definition) is 2. The SMILES string of the molecule is COCCNC(=O)[C@H](NC(=O)c1cccc(OC)c1)C1CCN(C(=O)CC(C)(C)C)CC1. The first-order chi connectivity index (χ1) is 15.1. The molecular formula is C24H37N3O5. The predicted molar refractivity (Wildman–Crippen MR) is 123 cm³/mol. The molecule has 1 atom stereocenters. The summed E-state index contributed by atoms with van der Waals surface area (Å²) in [5, 5.41) is 5.75. The van der Waals surface area contributed by atoms with Gasteiger partial charge in [-0.05, 0) is 42.4 Å². The summed E-state index contributed by atoms with van der Waals surface area (Å²) in [4.78, 5) is 40.3. The number of amides is 3. The lowest BCUT2D eigenvalue weighted by molar-refractivity contribution is -0.134. The molecule has 1 aromatic rings. The van der Waals surface area contributed by atoms with Crippen LogP contribution in [0.1, 0.15) is 50.4 Å². The Hall–Kier alpha value is -2.61. The highest BCUT2D eigenvalue weighted by Gasteiger charge is 2.34. The van der Waals surface area contributed by atoms with Gasteiger partial charge < -0.3 is 25.0 Å². The van der Waals surface area contributed by atoms with Crippen LogP contribution in [-0.2, 0) is 14.3 Å². The van der Waals surface area contributed by atoms with Crippen LogP contribution >= 0.6 is 0 Å². The normalized spacial score (nSPS) is 15.7. The van der Waals surface area contributed by atoms with Crippen LogP contribution in [0, 0.1) is 11.3 Å². The number of carbonyl (C=O) groups is 3. The quantitative estimate of drug-likeness (QED) is 0.566. The molecule has 0 radical (unpaired) electrons. The third kappa shape index (κ3) is 7.82. The molecular weight excluding hydrogens is 410 g/mol. The van der Waals surface area contributed by atoms with E-state index in [2.05, 4.69) is 10.6 Å². The Bertz CT molecular complexity index is 782. The maximum absolute atomic E-state index is 12.9. The van der Waals surface area contributed by atoms with E-state index >= 15 is 0 Å². The molecule has 0 saturated carbocycles. The molecule has 1 saturated heterocycles. The highest BCUT2D eigenvalue weighted by Crippen LogP contribution is 2.25. The van der Waals surface area contributed by atoms with Crippen molar-refractivity contribution in [3.05, 3.63) is 29.8 Å². The van der Waals surface area contributed by atoms with E-state index in [0.29, 0.717) is 56.8 Å². The Morgan fingerprint density at radius 1 is 1.16 bits per heavy atom. The molecule has 2 rings (SSSR count). The second kappa shape index (κ2) is 11.9. The van der Waals surface area contributed by atoms with Crippen LogP contribution in [0.4, 0.5) is 0 Å². The second-order valence-corrected chi connectivity index (χ2v) is 9.42. The molecule has 8 nitrogen and oxygen atoms in total. The Balaban J connectivity index is 2.07. The molecule has 1 aliphatic heterocycles.